The molecule has 2 saturated heterocycles. The van der Waals surface area contributed by atoms with E-state index in [1.165, 1.54) is 39.0 Å². The Kier molecular flexibility index (Phi) is 6.69. The molecule has 22 heavy (non-hydrogen) atoms. The van der Waals surface area contributed by atoms with Crippen molar-refractivity contribution >= 4 is 0 Å². The lowest BCUT2D eigenvalue weighted by molar-refractivity contribution is 0.00792. The van der Waals surface area contributed by atoms with Crippen molar-refractivity contribution in [3.8, 4) is 0 Å². The number of nitrogens with zero attached hydrogens (tertiary/aromatic N) is 3. The molecule has 0 aromatic carbocycles. The minimum atomic E-state index is 0.340. The Bertz CT molecular complexity index is 328. The highest BCUT2D eigenvalue weighted by Crippen LogP contribution is 2.25. The van der Waals surface area contributed by atoms with Gasteiger partial charge in [-0.05, 0) is 39.7 Å². The number of likely N-dealkylation sites (N-methyl/N-ethyl adjacent to an activating group) is 1. The normalized spacial score (nSPS) is 28.0. The van der Waals surface area contributed by atoms with Gasteiger partial charge in [-0.15, -0.1) is 0 Å². The van der Waals surface area contributed by atoms with Crippen LogP contribution in [0.5, 0.6) is 0 Å². The van der Waals surface area contributed by atoms with Gasteiger partial charge in [0.05, 0.1) is 13.2 Å². The maximum Gasteiger partial charge on any atom is 0.0594 e. The Morgan fingerprint density at radius 2 is 1.82 bits per heavy atom. The fourth-order valence-electron chi connectivity index (χ4n) is 3.74. The van der Waals surface area contributed by atoms with Gasteiger partial charge in [0, 0.05) is 50.8 Å². The fraction of sp³-hybridized carbons (Fsp3) is 1.00. The maximum atomic E-state index is 5.46. The predicted octanol–water partition coefficient (Wildman–Crippen LogP) is 2.15. The molecule has 2 aliphatic heterocycles. The van der Waals surface area contributed by atoms with Crippen LogP contribution in [0.1, 0.15) is 40.5 Å². The fourth-order valence-corrected chi connectivity index (χ4v) is 3.74. The van der Waals surface area contributed by atoms with E-state index in [0.717, 1.165) is 32.2 Å². The van der Waals surface area contributed by atoms with Crippen molar-refractivity contribution in [2.24, 2.45) is 5.92 Å². The minimum absolute atomic E-state index is 0.340. The van der Waals surface area contributed by atoms with Gasteiger partial charge in [-0.2, -0.15) is 0 Å². The van der Waals surface area contributed by atoms with E-state index in [1.807, 2.05) is 0 Å². The van der Waals surface area contributed by atoms with E-state index in [-0.39, 0.29) is 0 Å². The second kappa shape index (κ2) is 8.09. The standard InChI is InChI=1S/C18H37N3O/c1-6-18(3,4)21-8-7-19(5)17(15-21)13-16(2)14-20-9-11-22-12-10-20/h16-17H,6-15H2,1-5H3. The van der Waals surface area contributed by atoms with E-state index in [1.54, 1.807) is 0 Å². The molecule has 0 amide bonds. The quantitative estimate of drug-likeness (QED) is 0.748. The van der Waals surface area contributed by atoms with Gasteiger partial charge in [0.25, 0.3) is 0 Å². The van der Waals surface area contributed by atoms with Gasteiger partial charge in [-0.3, -0.25) is 9.80 Å². The highest BCUT2D eigenvalue weighted by molar-refractivity contribution is 4.89. The van der Waals surface area contributed by atoms with Crippen molar-refractivity contribution in [1.29, 1.82) is 0 Å². The summed E-state index contributed by atoms with van der Waals surface area (Å²) < 4.78 is 5.46. The average Bonchev–Trinajstić information content (AvgIpc) is 2.50. The summed E-state index contributed by atoms with van der Waals surface area (Å²) in [6, 6.07) is 0.704. The zero-order chi connectivity index (χ0) is 16.2. The van der Waals surface area contributed by atoms with Gasteiger partial charge in [0.1, 0.15) is 0 Å². The number of morpholine rings is 1. The molecule has 2 rings (SSSR count). The molecule has 4 nitrogen and oxygen atoms in total. The van der Waals surface area contributed by atoms with Gasteiger partial charge in [0.2, 0.25) is 0 Å². The highest BCUT2D eigenvalue weighted by Gasteiger charge is 2.33. The lowest BCUT2D eigenvalue weighted by Gasteiger charge is -2.47. The molecule has 4 heteroatoms. The molecule has 0 radical (unpaired) electrons. The molecule has 2 atom stereocenters. The van der Waals surface area contributed by atoms with Crippen molar-refractivity contribution in [1.82, 2.24) is 14.7 Å². The summed E-state index contributed by atoms with van der Waals surface area (Å²) in [4.78, 5) is 7.86. The SMILES string of the molecule is CCC(C)(C)N1CCN(C)C(CC(C)CN2CCOCC2)C1. The first-order chi connectivity index (χ1) is 10.4. The molecule has 0 aliphatic carbocycles. The Balaban J connectivity index is 1.83. The number of ether oxygens (including phenoxy) is 1. The largest absolute Gasteiger partial charge is 0.379 e. The van der Waals surface area contributed by atoms with E-state index in [9.17, 15) is 0 Å². The first-order valence-electron chi connectivity index (χ1n) is 9.17. The van der Waals surface area contributed by atoms with Crippen molar-refractivity contribution in [3.05, 3.63) is 0 Å². The van der Waals surface area contributed by atoms with Crippen LogP contribution in [0.4, 0.5) is 0 Å². The van der Waals surface area contributed by atoms with Gasteiger partial charge < -0.3 is 9.64 Å². The zero-order valence-corrected chi connectivity index (χ0v) is 15.5. The molecule has 2 fully saturated rings. The summed E-state index contributed by atoms with van der Waals surface area (Å²) >= 11 is 0. The van der Waals surface area contributed by atoms with Gasteiger partial charge >= 0.3 is 0 Å². The minimum Gasteiger partial charge on any atom is -0.379 e. The van der Waals surface area contributed by atoms with Crippen molar-refractivity contribution in [3.63, 3.8) is 0 Å². The maximum absolute atomic E-state index is 5.46. The molecular formula is C18H37N3O. The topological polar surface area (TPSA) is 19.0 Å². The average molecular weight is 312 g/mol. The van der Waals surface area contributed by atoms with E-state index in [4.69, 9.17) is 4.74 Å². The van der Waals surface area contributed by atoms with E-state index in [0.29, 0.717) is 11.6 Å². The summed E-state index contributed by atoms with van der Waals surface area (Å²) in [5.74, 6) is 0.759. The molecule has 2 aliphatic rings. The van der Waals surface area contributed by atoms with Crippen LogP contribution in [-0.4, -0.2) is 85.8 Å². The van der Waals surface area contributed by atoms with E-state index < -0.39 is 0 Å². The van der Waals surface area contributed by atoms with Crippen LogP contribution in [0.3, 0.4) is 0 Å². The molecule has 130 valence electrons. The van der Waals surface area contributed by atoms with Crippen LogP contribution in [0.25, 0.3) is 0 Å². The molecule has 0 aromatic heterocycles. The lowest BCUT2D eigenvalue weighted by atomic mass is 9.93. The highest BCUT2D eigenvalue weighted by atomic mass is 16.5. The third kappa shape index (κ3) is 4.92. The molecule has 0 bridgehead atoms. The molecular weight excluding hydrogens is 274 g/mol. The summed E-state index contributed by atoms with van der Waals surface area (Å²) in [5, 5.41) is 0. The molecule has 2 heterocycles. The molecule has 0 N–H and O–H groups in total. The molecule has 0 aromatic rings. The van der Waals surface area contributed by atoms with Crippen molar-refractivity contribution in [2.75, 3.05) is 59.5 Å². The Morgan fingerprint density at radius 1 is 1.14 bits per heavy atom. The van der Waals surface area contributed by atoms with Gasteiger partial charge in [-0.25, -0.2) is 0 Å². The number of hydrogen-bond acceptors (Lipinski definition) is 4. The number of piperazine rings is 1. The Morgan fingerprint density at radius 3 is 2.45 bits per heavy atom. The lowest BCUT2D eigenvalue weighted by Crippen LogP contribution is -2.58. The van der Waals surface area contributed by atoms with Gasteiger partial charge in [-0.1, -0.05) is 13.8 Å². The number of rotatable bonds is 6. The monoisotopic (exact) mass is 311 g/mol. The second-order valence-corrected chi connectivity index (χ2v) is 8.00. The molecule has 0 spiro atoms. The first kappa shape index (κ1) is 18.2. The third-order valence-corrected chi connectivity index (χ3v) is 5.85. The van der Waals surface area contributed by atoms with Crippen LogP contribution < -0.4 is 0 Å². The summed E-state index contributed by atoms with van der Waals surface area (Å²) in [7, 11) is 2.31. The van der Waals surface area contributed by atoms with Crippen molar-refractivity contribution in [2.45, 2.75) is 52.1 Å². The summed E-state index contributed by atoms with van der Waals surface area (Å²) in [5.41, 5.74) is 0.340. The Hall–Kier alpha value is -0.160. The van der Waals surface area contributed by atoms with Crippen LogP contribution in [0.15, 0.2) is 0 Å². The van der Waals surface area contributed by atoms with E-state index >= 15 is 0 Å². The van der Waals surface area contributed by atoms with Crippen LogP contribution in [0.2, 0.25) is 0 Å². The summed E-state index contributed by atoms with van der Waals surface area (Å²) in [6.07, 6.45) is 2.54. The zero-order valence-electron chi connectivity index (χ0n) is 15.5. The van der Waals surface area contributed by atoms with E-state index in [2.05, 4.69) is 49.4 Å². The van der Waals surface area contributed by atoms with Gasteiger partial charge in [0.15, 0.2) is 0 Å². The van der Waals surface area contributed by atoms with Crippen molar-refractivity contribution < 1.29 is 4.74 Å². The molecule has 2 unspecified atom stereocenters. The predicted molar refractivity (Wildman–Crippen MR) is 93.4 cm³/mol. The van der Waals surface area contributed by atoms with Crippen LogP contribution in [0, 0.1) is 5.92 Å². The number of hydrogen-bond donors (Lipinski definition) is 0. The summed E-state index contributed by atoms with van der Waals surface area (Å²) in [6.45, 7) is 18.4. The smallest absolute Gasteiger partial charge is 0.0594 e. The van der Waals surface area contributed by atoms with Crippen LogP contribution in [-0.2, 0) is 4.74 Å². The Labute approximate surface area is 137 Å². The second-order valence-electron chi connectivity index (χ2n) is 8.00. The third-order valence-electron chi connectivity index (χ3n) is 5.85. The molecule has 0 saturated carbocycles. The first-order valence-corrected chi connectivity index (χ1v) is 9.17. The van der Waals surface area contributed by atoms with Crippen LogP contribution >= 0.6 is 0 Å².